The highest BCUT2D eigenvalue weighted by Crippen LogP contribution is 2.35. The van der Waals surface area contributed by atoms with E-state index in [0.29, 0.717) is 25.1 Å². The van der Waals surface area contributed by atoms with Gasteiger partial charge in [-0.3, -0.25) is 4.79 Å². The van der Waals surface area contributed by atoms with Crippen LogP contribution < -0.4 is 16.0 Å². The van der Waals surface area contributed by atoms with Crippen molar-refractivity contribution >= 4 is 28.3 Å². The van der Waals surface area contributed by atoms with Crippen molar-refractivity contribution in [3.63, 3.8) is 0 Å². The van der Waals surface area contributed by atoms with E-state index in [9.17, 15) is 9.90 Å². The van der Waals surface area contributed by atoms with E-state index >= 15 is 0 Å². The maximum absolute atomic E-state index is 11.7. The van der Waals surface area contributed by atoms with E-state index in [4.69, 9.17) is 5.73 Å². The molecule has 2 heterocycles. The molecule has 1 fully saturated rings. The lowest BCUT2D eigenvalue weighted by atomic mass is 10.1. The second kappa shape index (κ2) is 4.15. The zero-order chi connectivity index (χ0) is 12.6. The minimum Gasteiger partial charge on any atom is -0.388 e. The van der Waals surface area contributed by atoms with Crippen LogP contribution in [0.4, 0.5) is 10.8 Å². The van der Waals surface area contributed by atoms with E-state index in [-0.39, 0.29) is 11.7 Å². The van der Waals surface area contributed by atoms with Gasteiger partial charge < -0.3 is 21.1 Å². The smallest absolute Gasteiger partial charge is 0.257 e. The summed E-state index contributed by atoms with van der Waals surface area (Å²) in [7, 11) is 1.56. The van der Waals surface area contributed by atoms with Gasteiger partial charge in [-0.1, -0.05) is 0 Å². The van der Waals surface area contributed by atoms with Crippen molar-refractivity contribution in [2.45, 2.75) is 18.9 Å². The standard InChI is InChI=1S/C10H16N4O2S/c1-10(16)3-4-14(5-10)9-6(8(15)12-2)7(11)13-17-9/h16H,3-5H2,1-2H3,(H2,11,13)(H,12,15). The Kier molecular flexibility index (Phi) is 2.96. The molecule has 94 valence electrons. The molecule has 2 rings (SSSR count). The SMILES string of the molecule is CNC(=O)c1c(N)nsc1N1CCC(C)(O)C1. The predicted molar refractivity (Wildman–Crippen MR) is 67.4 cm³/mol. The zero-order valence-corrected chi connectivity index (χ0v) is 10.7. The molecule has 0 aliphatic carbocycles. The number of hydrogen-bond acceptors (Lipinski definition) is 6. The second-order valence-electron chi connectivity index (χ2n) is 4.50. The summed E-state index contributed by atoms with van der Waals surface area (Å²) in [5.41, 5.74) is 5.40. The zero-order valence-electron chi connectivity index (χ0n) is 9.86. The summed E-state index contributed by atoms with van der Waals surface area (Å²) in [6.45, 7) is 2.99. The largest absolute Gasteiger partial charge is 0.388 e. The number of nitrogens with zero attached hydrogens (tertiary/aromatic N) is 2. The molecular formula is C10H16N4O2S. The highest BCUT2D eigenvalue weighted by Gasteiger charge is 2.34. The van der Waals surface area contributed by atoms with E-state index in [0.717, 1.165) is 5.00 Å². The molecule has 7 heteroatoms. The summed E-state index contributed by atoms with van der Waals surface area (Å²) in [4.78, 5) is 13.7. The number of nitrogens with two attached hydrogens (primary N) is 1. The number of nitrogen functional groups attached to an aromatic ring is 1. The number of carbonyl (C=O) groups excluding carboxylic acids is 1. The lowest BCUT2D eigenvalue weighted by Crippen LogP contribution is -2.30. The van der Waals surface area contributed by atoms with Crippen LogP contribution in [0.3, 0.4) is 0 Å². The van der Waals surface area contributed by atoms with Crippen LogP contribution in [0.25, 0.3) is 0 Å². The fraction of sp³-hybridized carbons (Fsp3) is 0.600. The van der Waals surface area contributed by atoms with E-state index in [1.165, 1.54) is 11.5 Å². The van der Waals surface area contributed by atoms with Crippen molar-refractivity contribution < 1.29 is 9.90 Å². The van der Waals surface area contributed by atoms with Gasteiger partial charge in [0.05, 0.1) is 5.60 Å². The monoisotopic (exact) mass is 256 g/mol. The number of anilines is 2. The number of aromatic nitrogens is 1. The van der Waals surface area contributed by atoms with Crippen LogP contribution in [-0.4, -0.2) is 41.1 Å². The average molecular weight is 256 g/mol. The Hall–Kier alpha value is -1.34. The second-order valence-corrected chi connectivity index (χ2v) is 5.25. The summed E-state index contributed by atoms with van der Waals surface area (Å²) >= 11 is 1.20. The van der Waals surface area contributed by atoms with Gasteiger partial charge in [0.1, 0.15) is 10.6 Å². The van der Waals surface area contributed by atoms with Crippen molar-refractivity contribution in [3.8, 4) is 0 Å². The molecule has 4 N–H and O–H groups in total. The summed E-state index contributed by atoms with van der Waals surface area (Å²) in [6, 6.07) is 0. The van der Waals surface area contributed by atoms with E-state index in [1.807, 2.05) is 4.90 Å². The van der Waals surface area contributed by atoms with Crippen molar-refractivity contribution in [1.82, 2.24) is 9.69 Å². The first-order chi connectivity index (χ1) is 7.94. The highest BCUT2D eigenvalue weighted by atomic mass is 32.1. The summed E-state index contributed by atoms with van der Waals surface area (Å²) in [5, 5.41) is 13.2. The number of hydrogen-bond donors (Lipinski definition) is 3. The number of amides is 1. The van der Waals surface area contributed by atoms with Gasteiger partial charge in [-0.05, 0) is 24.9 Å². The molecule has 0 aromatic carbocycles. The Balaban J connectivity index is 2.31. The molecule has 0 radical (unpaired) electrons. The van der Waals surface area contributed by atoms with Crippen LogP contribution in [-0.2, 0) is 0 Å². The molecule has 1 aromatic rings. The number of carbonyl (C=O) groups is 1. The third-order valence-corrected chi connectivity index (χ3v) is 3.82. The Bertz CT molecular complexity index is 444. The first kappa shape index (κ1) is 12.1. The fourth-order valence-corrected chi connectivity index (χ4v) is 2.80. The van der Waals surface area contributed by atoms with Crippen LogP contribution in [0, 0.1) is 0 Å². The predicted octanol–water partition coefficient (Wildman–Crippen LogP) is 0.0460. The Morgan fingerprint density at radius 3 is 2.94 bits per heavy atom. The number of rotatable bonds is 2. The normalized spacial score (nSPS) is 24.1. The topological polar surface area (TPSA) is 91.5 Å². The van der Waals surface area contributed by atoms with Crippen molar-refractivity contribution in [3.05, 3.63) is 5.56 Å². The van der Waals surface area contributed by atoms with Gasteiger partial charge in [-0.2, -0.15) is 4.37 Å². The molecule has 1 aliphatic heterocycles. The van der Waals surface area contributed by atoms with Gasteiger partial charge in [0, 0.05) is 20.1 Å². The number of aliphatic hydroxyl groups is 1. The molecular weight excluding hydrogens is 240 g/mol. The maximum Gasteiger partial charge on any atom is 0.257 e. The van der Waals surface area contributed by atoms with Crippen LogP contribution in [0.2, 0.25) is 0 Å². The van der Waals surface area contributed by atoms with Crippen LogP contribution in [0.5, 0.6) is 0 Å². The Morgan fingerprint density at radius 1 is 1.71 bits per heavy atom. The van der Waals surface area contributed by atoms with Crippen molar-refractivity contribution in [1.29, 1.82) is 0 Å². The van der Waals surface area contributed by atoms with Gasteiger partial charge in [0.25, 0.3) is 5.91 Å². The lowest BCUT2D eigenvalue weighted by molar-refractivity contribution is 0.0838. The summed E-state index contributed by atoms with van der Waals surface area (Å²) in [6.07, 6.45) is 0.679. The van der Waals surface area contributed by atoms with Crippen LogP contribution in [0.1, 0.15) is 23.7 Å². The van der Waals surface area contributed by atoms with Crippen molar-refractivity contribution in [2.24, 2.45) is 0 Å². The first-order valence-corrected chi connectivity index (χ1v) is 6.16. The van der Waals surface area contributed by atoms with Gasteiger partial charge in [0.2, 0.25) is 0 Å². The molecule has 17 heavy (non-hydrogen) atoms. The first-order valence-electron chi connectivity index (χ1n) is 5.39. The van der Waals surface area contributed by atoms with Crippen molar-refractivity contribution in [2.75, 3.05) is 30.8 Å². The summed E-state index contributed by atoms with van der Waals surface area (Å²) < 4.78 is 4.01. The van der Waals surface area contributed by atoms with Crippen LogP contribution in [0.15, 0.2) is 0 Å². The third-order valence-electron chi connectivity index (χ3n) is 2.89. The minimum absolute atomic E-state index is 0.238. The van der Waals surface area contributed by atoms with Gasteiger partial charge in [0.15, 0.2) is 5.82 Å². The lowest BCUT2D eigenvalue weighted by Gasteiger charge is -2.19. The van der Waals surface area contributed by atoms with Gasteiger partial charge in [-0.25, -0.2) is 0 Å². The van der Waals surface area contributed by atoms with Gasteiger partial charge in [-0.15, -0.1) is 0 Å². The molecule has 1 saturated heterocycles. The molecule has 1 amide bonds. The average Bonchev–Trinajstić information content (AvgIpc) is 2.80. The molecule has 6 nitrogen and oxygen atoms in total. The quantitative estimate of drug-likeness (QED) is 0.695. The van der Waals surface area contributed by atoms with E-state index < -0.39 is 5.60 Å². The van der Waals surface area contributed by atoms with E-state index in [2.05, 4.69) is 9.69 Å². The highest BCUT2D eigenvalue weighted by molar-refractivity contribution is 7.11. The molecule has 0 spiro atoms. The number of nitrogens with one attached hydrogen (secondary N) is 1. The maximum atomic E-state index is 11.7. The molecule has 1 unspecified atom stereocenters. The molecule has 0 saturated carbocycles. The number of β-amino-alcohol motifs (C(OH)–C–C–N with tert-alkyl or cyclic N) is 1. The Morgan fingerprint density at radius 2 is 2.41 bits per heavy atom. The molecule has 1 aromatic heterocycles. The molecule has 1 atom stereocenters. The Labute approximate surface area is 104 Å². The molecule has 0 bridgehead atoms. The van der Waals surface area contributed by atoms with Crippen LogP contribution >= 0.6 is 11.5 Å². The van der Waals surface area contributed by atoms with E-state index in [1.54, 1.807) is 14.0 Å². The molecule has 1 aliphatic rings. The summed E-state index contributed by atoms with van der Waals surface area (Å²) in [5.74, 6) is 0.00804. The van der Waals surface area contributed by atoms with Gasteiger partial charge >= 0.3 is 0 Å². The third kappa shape index (κ3) is 2.20. The minimum atomic E-state index is -0.710. The fourth-order valence-electron chi connectivity index (χ4n) is 1.97.